The van der Waals surface area contributed by atoms with Crippen LogP contribution < -0.4 is 21.7 Å². The number of amides is 3. The summed E-state index contributed by atoms with van der Waals surface area (Å²) < 4.78 is 19.8. The number of aromatic nitrogens is 4. The Labute approximate surface area is 344 Å². The highest BCUT2D eigenvalue weighted by Crippen LogP contribution is 2.18. The van der Waals surface area contributed by atoms with E-state index >= 15 is 0 Å². The second kappa shape index (κ2) is 23.3. The highest BCUT2D eigenvalue weighted by molar-refractivity contribution is 6.02. The summed E-state index contributed by atoms with van der Waals surface area (Å²) in [5.74, 6) is -0.788. The van der Waals surface area contributed by atoms with Crippen molar-refractivity contribution < 1.29 is 47.7 Å². The zero-order valence-electron chi connectivity index (χ0n) is 35.5. The molecule has 0 bridgehead atoms. The van der Waals surface area contributed by atoms with E-state index in [1.165, 1.54) is 58.0 Å². The molecular weight excluding hydrogens is 764 g/mol. The predicted molar refractivity (Wildman–Crippen MR) is 222 cm³/mol. The van der Waals surface area contributed by atoms with Gasteiger partial charge in [0, 0.05) is 60.9 Å². The van der Waals surface area contributed by atoms with E-state index in [1.807, 2.05) is 20.8 Å². The number of pyridine rings is 4. The number of methoxy groups -OCH3 is 1. The van der Waals surface area contributed by atoms with Crippen LogP contribution in [0.2, 0.25) is 0 Å². The Morgan fingerprint density at radius 2 is 0.864 bits per heavy atom. The average molecular weight is 819 g/mol. The third-order valence-electron chi connectivity index (χ3n) is 6.26. The van der Waals surface area contributed by atoms with E-state index in [4.69, 9.17) is 19.9 Å². The number of esters is 1. The molecule has 18 heteroatoms. The molecule has 4 heterocycles. The number of carbonyl (C=O) groups is 6. The second-order valence-electron chi connectivity index (χ2n) is 15.0. The van der Waals surface area contributed by atoms with Gasteiger partial charge in [-0.25, -0.2) is 19.2 Å². The molecule has 0 aliphatic carbocycles. The summed E-state index contributed by atoms with van der Waals surface area (Å²) >= 11 is 0. The Morgan fingerprint density at radius 3 is 1.24 bits per heavy atom. The molecule has 0 unspecified atom stereocenters. The number of anilines is 4. The lowest BCUT2D eigenvalue weighted by molar-refractivity contribution is 0.0596. The number of nitrogens with two attached hydrogens (primary N) is 1. The fraction of sp³-hybridized carbons (Fsp3) is 0.366. The Balaban J connectivity index is 0.000000401. The molecule has 0 aliphatic heterocycles. The minimum atomic E-state index is -0.640. The molecule has 0 radical (unpaired) electrons. The molecule has 0 aromatic carbocycles. The quantitative estimate of drug-likeness (QED) is 0.0813. The number of nitrogens with zero attached hydrogens (tertiary/aromatic N) is 4. The molecule has 59 heavy (non-hydrogen) atoms. The zero-order chi connectivity index (χ0) is 45.0. The normalized spacial score (nSPS) is 10.5. The Kier molecular flexibility index (Phi) is 19.8. The van der Waals surface area contributed by atoms with Crippen molar-refractivity contribution in [1.82, 2.24) is 19.9 Å². The van der Waals surface area contributed by atoms with Crippen LogP contribution in [0.1, 0.15) is 107 Å². The van der Waals surface area contributed by atoms with Crippen LogP contribution >= 0.6 is 0 Å². The third-order valence-corrected chi connectivity index (χ3v) is 6.26. The van der Waals surface area contributed by atoms with Crippen LogP contribution in [0.25, 0.3) is 0 Å². The van der Waals surface area contributed by atoms with Crippen LogP contribution in [0.3, 0.4) is 0 Å². The summed E-state index contributed by atoms with van der Waals surface area (Å²) in [5, 5.41) is 7.60. The van der Waals surface area contributed by atoms with E-state index in [2.05, 4.69) is 40.6 Å². The van der Waals surface area contributed by atoms with Crippen molar-refractivity contribution in [3.63, 3.8) is 0 Å². The highest BCUT2D eigenvalue weighted by Gasteiger charge is 2.20. The first-order valence-corrected chi connectivity index (χ1v) is 17.9. The summed E-state index contributed by atoms with van der Waals surface area (Å²) in [6.45, 7) is 18.9. The van der Waals surface area contributed by atoms with Crippen molar-refractivity contribution >= 4 is 58.6 Å². The van der Waals surface area contributed by atoms with Crippen molar-refractivity contribution in [3.8, 4) is 0 Å². The molecule has 4 aromatic heterocycles. The Hall–Kier alpha value is -6.98. The third kappa shape index (κ3) is 21.8. The van der Waals surface area contributed by atoms with Gasteiger partial charge >= 0.3 is 24.2 Å². The maximum Gasteiger partial charge on any atom is 0.412 e. The smallest absolute Gasteiger partial charge is 0.412 e. The fourth-order valence-corrected chi connectivity index (χ4v) is 3.94. The number of Topliss-reactive ketones (excluding diaryl/α,β-unsaturated/α-hetero) is 2. The topological polar surface area (TPSA) is 253 Å². The summed E-state index contributed by atoms with van der Waals surface area (Å²) in [7, 11) is 1.26. The molecule has 4 rings (SSSR count). The first kappa shape index (κ1) is 50.0. The standard InChI is InChI=1S/C12H16N2O4.C12H16N2O3.C10H14N2O2.C7H8N2O/c1-12(2,3)18-11(16)14-9-5-6-13-7-8(9)10(15)17-4;1-8(15)9-7-13-6-5-10(9)14-11(16)17-12(2,3)4;1-10(2,3)14-9(13)12-8-4-6-11-7-5-8;1-5(10)6-4-9-3-2-7(6)8/h5-7H,1-4H3,(H,13,14,16);5-7H,1-4H3,(H,13,14,16);4-7H,1-3H3,(H,11,12,13);2-4H,1H3,(H2,8,9). The Morgan fingerprint density at radius 1 is 0.508 bits per heavy atom. The molecule has 5 N–H and O–H groups in total. The first-order valence-electron chi connectivity index (χ1n) is 17.9. The van der Waals surface area contributed by atoms with Gasteiger partial charge in [-0.2, -0.15) is 0 Å². The van der Waals surface area contributed by atoms with Crippen LogP contribution in [0.15, 0.2) is 79.9 Å². The Bertz CT molecular complexity index is 2020. The van der Waals surface area contributed by atoms with Crippen LogP contribution in [0.4, 0.5) is 37.1 Å². The van der Waals surface area contributed by atoms with Crippen molar-refractivity contribution in [2.24, 2.45) is 0 Å². The van der Waals surface area contributed by atoms with E-state index in [0.29, 0.717) is 33.9 Å². The van der Waals surface area contributed by atoms with Gasteiger partial charge in [0.2, 0.25) is 0 Å². The molecule has 0 aliphatic rings. The van der Waals surface area contributed by atoms with Gasteiger partial charge in [-0.15, -0.1) is 0 Å². The van der Waals surface area contributed by atoms with Crippen LogP contribution in [-0.2, 0) is 18.9 Å². The monoisotopic (exact) mass is 818 g/mol. The lowest BCUT2D eigenvalue weighted by Gasteiger charge is -2.20. The number of carbonyl (C=O) groups excluding carboxylic acids is 6. The predicted octanol–water partition coefficient (Wildman–Crippen LogP) is 8.14. The summed E-state index contributed by atoms with van der Waals surface area (Å²) in [4.78, 5) is 83.1. The molecule has 0 atom stereocenters. The summed E-state index contributed by atoms with van der Waals surface area (Å²) in [5.41, 5.74) is 6.69. The van der Waals surface area contributed by atoms with Crippen LogP contribution in [-0.4, -0.2) is 79.7 Å². The van der Waals surface area contributed by atoms with E-state index in [1.54, 1.807) is 84.4 Å². The van der Waals surface area contributed by atoms with Gasteiger partial charge in [0.1, 0.15) is 22.4 Å². The molecule has 318 valence electrons. The molecule has 3 amide bonds. The van der Waals surface area contributed by atoms with Gasteiger partial charge in [-0.3, -0.25) is 45.5 Å². The van der Waals surface area contributed by atoms with E-state index in [-0.39, 0.29) is 17.1 Å². The fourth-order valence-electron chi connectivity index (χ4n) is 3.94. The maximum atomic E-state index is 11.6. The molecule has 0 saturated carbocycles. The van der Waals surface area contributed by atoms with Crippen molar-refractivity contribution in [1.29, 1.82) is 0 Å². The number of hydrogen-bond acceptors (Lipinski definition) is 15. The van der Waals surface area contributed by atoms with Crippen molar-refractivity contribution in [2.45, 2.75) is 93.0 Å². The number of nitrogen functional groups attached to an aromatic ring is 1. The van der Waals surface area contributed by atoms with Crippen molar-refractivity contribution in [2.75, 3.05) is 28.8 Å². The van der Waals surface area contributed by atoms with Crippen LogP contribution in [0, 0.1) is 0 Å². The number of nitrogens with one attached hydrogen (secondary N) is 3. The van der Waals surface area contributed by atoms with Gasteiger partial charge in [0.05, 0.1) is 29.6 Å². The molecule has 0 fully saturated rings. The lowest BCUT2D eigenvalue weighted by Crippen LogP contribution is -2.27. The van der Waals surface area contributed by atoms with Crippen LogP contribution in [0.5, 0.6) is 0 Å². The molecule has 18 nitrogen and oxygen atoms in total. The molecular formula is C41H54N8O10. The molecule has 0 saturated heterocycles. The first-order chi connectivity index (χ1) is 27.3. The van der Waals surface area contributed by atoms with E-state index in [9.17, 15) is 28.8 Å². The number of ether oxygens (including phenoxy) is 4. The zero-order valence-corrected chi connectivity index (χ0v) is 35.5. The molecule has 0 spiro atoms. The average Bonchev–Trinajstić information content (AvgIpc) is 3.10. The highest BCUT2D eigenvalue weighted by atomic mass is 16.6. The van der Waals surface area contributed by atoms with Gasteiger partial charge < -0.3 is 24.7 Å². The number of rotatable bonds is 6. The SMILES string of the molecule is CC(=O)c1cnccc1N.CC(=O)c1cnccc1NC(=O)OC(C)(C)C.CC(C)(C)OC(=O)Nc1ccncc1.COC(=O)c1cnccc1NC(=O)OC(C)(C)C. The number of ketones is 2. The van der Waals surface area contributed by atoms with E-state index in [0.717, 1.165) is 0 Å². The lowest BCUT2D eigenvalue weighted by atomic mass is 10.2. The molecule has 4 aromatic rings. The number of hydrogen-bond donors (Lipinski definition) is 4. The van der Waals surface area contributed by atoms with Gasteiger partial charge in [-0.05, 0) is 106 Å². The minimum Gasteiger partial charge on any atom is -0.465 e. The summed E-state index contributed by atoms with van der Waals surface area (Å²) in [6, 6.07) is 8.06. The maximum absolute atomic E-state index is 11.6. The second-order valence-corrected chi connectivity index (χ2v) is 15.0. The van der Waals surface area contributed by atoms with Gasteiger partial charge in [-0.1, -0.05) is 0 Å². The van der Waals surface area contributed by atoms with Crippen molar-refractivity contribution in [3.05, 3.63) is 96.6 Å². The largest absolute Gasteiger partial charge is 0.465 e. The minimum absolute atomic E-state index is 0.0504. The van der Waals surface area contributed by atoms with E-state index < -0.39 is 41.1 Å². The van der Waals surface area contributed by atoms with Gasteiger partial charge in [0.15, 0.2) is 11.6 Å². The summed E-state index contributed by atoms with van der Waals surface area (Å²) in [6.07, 6.45) is 10.2. The van der Waals surface area contributed by atoms with Gasteiger partial charge in [0.25, 0.3) is 0 Å².